The van der Waals surface area contributed by atoms with E-state index in [9.17, 15) is 0 Å². The molecule has 0 aromatic heterocycles. The Kier molecular flexibility index (Phi) is 4.42. The van der Waals surface area contributed by atoms with E-state index >= 15 is 0 Å². The van der Waals surface area contributed by atoms with Crippen molar-refractivity contribution in [2.45, 2.75) is 6.92 Å². The standard InChI is InChI=1S/C16H20N2O3/c1-10-7-11(5-6-13(10)17)18-12-8-14(19-2)16(21-4)15(9-12)20-3/h5-9,18H,17H2,1-4H3. The minimum Gasteiger partial charge on any atom is -0.493 e. The normalized spacial score (nSPS) is 10.1. The molecule has 0 saturated carbocycles. The number of hydrogen-bond donors (Lipinski definition) is 2. The molecule has 0 unspecified atom stereocenters. The average molecular weight is 288 g/mol. The first-order chi connectivity index (χ1) is 10.1. The molecule has 0 aliphatic heterocycles. The maximum atomic E-state index is 5.83. The van der Waals surface area contributed by atoms with Gasteiger partial charge >= 0.3 is 0 Å². The largest absolute Gasteiger partial charge is 0.493 e. The van der Waals surface area contributed by atoms with Crippen molar-refractivity contribution in [2.75, 3.05) is 32.4 Å². The SMILES string of the molecule is COc1cc(Nc2ccc(N)c(C)c2)cc(OC)c1OC. The molecule has 0 amide bonds. The van der Waals surface area contributed by atoms with Gasteiger partial charge in [-0.1, -0.05) is 0 Å². The molecular weight excluding hydrogens is 268 g/mol. The second kappa shape index (κ2) is 6.26. The van der Waals surface area contributed by atoms with Gasteiger partial charge in [-0.25, -0.2) is 0 Å². The van der Waals surface area contributed by atoms with Gasteiger partial charge in [-0.2, -0.15) is 0 Å². The number of ether oxygens (including phenoxy) is 3. The fourth-order valence-corrected chi connectivity index (χ4v) is 2.07. The zero-order chi connectivity index (χ0) is 15.4. The molecule has 0 spiro atoms. The summed E-state index contributed by atoms with van der Waals surface area (Å²) in [5, 5.41) is 3.30. The van der Waals surface area contributed by atoms with Crippen LogP contribution in [0.3, 0.4) is 0 Å². The van der Waals surface area contributed by atoms with E-state index in [2.05, 4.69) is 5.32 Å². The van der Waals surface area contributed by atoms with Crippen LogP contribution in [0, 0.1) is 6.92 Å². The van der Waals surface area contributed by atoms with E-state index in [0.29, 0.717) is 17.2 Å². The van der Waals surface area contributed by atoms with E-state index in [1.165, 1.54) is 0 Å². The average Bonchev–Trinajstić information content (AvgIpc) is 2.49. The summed E-state index contributed by atoms with van der Waals surface area (Å²) in [5.41, 5.74) is 9.40. The van der Waals surface area contributed by atoms with Gasteiger partial charge in [-0.15, -0.1) is 0 Å². The van der Waals surface area contributed by atoms with E-state index < -0.39 is 0 Å². The van der Waals surface area contributed by atoms with Crippen molar-refractivity contribution >= 4 is 17.1 Å². The van der Waals surface area contributed by atoms with Crippen LogP contribution >= 0.6 is 0 Å². The Hall–Kier alpha value is -2.56. The molecule has 2 aromatic carbocycles. The predicted molar refractivity (Wildman–Crippen MR) is 85.0 cm³/mol. The minimum atomic E-state index is 0.569. The summed E-state index contributed by atoms with van der Waals surface area (Å²) in [4.78, 5) is 0. The molecule has 0 radical (unpaired) electrons. The lowest BCUT2D eigenvalue weighted by Gasteiger charge is -2.15. The third-order valence-electron chi connectivity index (χ3n) is 3.22. The van der Waals surface area contributed by atoms with E-state index in [1.54, 1.807) is 21.3 Å². The van der Waals surface area contributed by atoms with Gasteiger partial charge in [0.1, 0.15) is 0 Å². The first-order valence-corrected chi connectivity index (χ1v) is 6.52. The van der Waals surface area contributed by atoms with Crippen LogP contribution < -0.4 is 25.3 Å². The summed E-state index contributed by atoms with van der Waals surface area (Å²) < 4.78 is 16.0. The van der Waals surface area contributed by atoms with Gasteiger partial charge < -0.3 is 25.3 Å². The number of methoxy groups -OCH3 is 3. The van der Waals surface area contributed by atoms with Crippen molar-refractivity contribution in [1.29, 1.82) is 0 Å². The van der Waals surface area contributed by atoms with Gasteiger partial charge in [0.2, 0.25) is 5.75 Å². The maximum Gasteiger partial charge on any atom is 0.203 e. The first-order valence-electron chi connectivity index (χ1n) is 6.52. The predicted octanol–water partition coefficient (Wildman–Crippen LogP) is 3.35. The third-order valence-corrected chi connectivity index (χ3v) is 3.22. The van der Waals surface area contributed by atoms with Crippen molar-refractivity contribution in [2.24, 2.45) is 0 Å². The highest BCUT2D eigenvalue weighted by Crippen LogP contribution is 2.40. The monoisotopic (exact) mass is 288 g/mol. The molecule has 0 saturated heterocycles. The number of nitrogen functional groups attached to an aromatic ring is 1. The van der Waals surface area contributed by atoms with Crippen molar-refractivity contribution in [3.63, 3.8) is 0 Å². The number of benzene rings is 2. The van der Waals surface area contributed by atoms with Crippen molar-refractivity contribution < 1.29 is 14.2 Å². The highest BCUT2D eigenvalue weighted by atomic mass is 16.5. The van der Waals surface area contributed by atoms with Crippen LogP contribution in [0.25, 0.3) is 0 Å². The molecule has 0 atom stereocenters. The molecule has 3 N–H and O–H groups in total. The van der Waals surface area contributed by atoms with Gasteiger partial charge in [0.05, 0.1) is 21.3 Å². The highest BCUT2D eigenvalue weighted by molar-refractivity contribution is 5.69. The van der Waals surface area contributed by atoms with Gasteiger partial charge in [0.25, 0.3) is 0 Å². The maximum absolute atomic E-state index is 5.83. The third kappa shape index (κ3) is 3.13. The fraction of sp³-hybridized carbons (Fsp3) is 0.250. The Balaban J connectivity index is 2.37. The Morgan fingerprint density at radius 1 is 0.857 bits per heavy atom. The smallest absolute Gasteiger partial charge is 0.203 e. The number of rotatable bonds is 5. The molecule has 0 aliphatic rings. The molecule has 21 heavy (non-hydrogen) atoms. The van der Waals surface area contributed by atoms with Crippen LogP contribution in [0.5, 0.6) is 17.2 Å². The van der Waals surface area contributed by atoms with Crippen LogP contribution in [0.2, 0.25) is 0 Å². The van der Waals surface area contributed by atoms with Crippen molar-refractivity contribution in [1.82, 2.24) is 0 Å². The lowest BCUT2D eigenvalue weighted by Crippen LogP contribution is -1.98. The van der Waals surface area contributed by atoms with E-state index in [4.69, 9.17) is 19.9 Å². The summed E-state index contributed by atoms with van der Waals surface area (Å²) in [7, 11) is 4.76. The van der Waals surface area contributed by atoms with Crippen LogP contribution in [0.1, 0.15) is 5.56 Å². The van der Waals surface area contributed by atoms with Crippen molar-refractivity contribution in [3.05, 3.63) is 35.9 Å². The van der Waals surface area contributed by atoms with Crippen molar-refractivity contribution in [3.8, 4) is 17.2 Å². The van der Waals surface area contributed by atoms with Crippen LogP contribution in [0.4, 0.5) is 17.1 Å². The molecule has 112 valence electrons. The number of aryl methyl sites for hydroxylation is 1. The number of anilines is 3. The lowest BCUT2D eigenvalue weighted by atomic mass is 10.1. The summed E-state index contributed by atoms with van der Waals surface area (Å²) in [6, 6.07) is 9.49. The van der Waals surface area contributed by atoms with E-state index in [1.807, 2.05) is 37.3 Å². The van der Waals surface area contributed by atoms with Gasteiger partial charge in [-0.05, 0) is 30.7 Å². The second-order valence-electron chi connectivity index (χ2n) is 4.61. The summed E-state index contributed by atoms with van der Waals surface area (Å²) in [6.45, 7) is 1.97. The van der Waals surface area contributed by atoms with E-state index in [-0.39, 0.29) is 0 Å². The molecule has 0 fully saturated rings. The summed E-state index contributed by atoms with van der Waals surface area (Å²) in [5.74, 6) is 1.78. The van der Waals surface area contributed by atoms with E-state index in [0.717, 1.165) is 22.6 Å². The number of hydrogen-bond acceptors (Lipinski definition) is 5. The molecule has 5 nitrogen and oxygen atoms in total. The molecule has 2 aromatic rings. The number of nitrogens with one attached hydrogen (secondary N) is 1. The zero-order valence-electron chi connectivity index (χ0n) is 12.7. The molecular formula is C16H20N2O3. The highest BCUT2D eigenvalue weighted by Gasteiger charge is 2.13. The molecule has 0 heterocycles. The quantitative estimate of drug-likeness (QED) is 0.826. The lowest BCUT2D eigenvalue weighted by molar-refractivity contribution is 0.324. The van der Waals surface area contributed by atoms with Crippen LogP contribution in [0.15, 0.2) is 30.3 Å². The Bertz CT molecular complexity index is 616. The first kappa shape index (κ1) is 14.8. The van der Waals surface area contributed by atoms with Crippen LogP contribution in [-0.4, -0.2) is 21.3 Å². The Morgan fingerprint density at radius 3 is 1.95 bits per heavy atom. The molecule has 0 bridgehead atoms. The Labute approximate surface area is 124 Å². The molecule has 5 heteroatoms. The number of nitrogens with two attached hydrogens (primary N) is 1. The summed E-state index contributed by atoms with van der Waals surface area (Å²) >= 11 is 0. The van der Waals surface area contributed by atoms with Gasteiger partial charge in [0.15, 0.2) is 11.5 Å². The fourth-order valence-electron chi connectivity index (χ4n) is 2.07. The van der Waals surface area contributed by atoms with Gasteiger partial charge in [0, 0.05) is 29.2 Å². The molecule has 0 aliphatic carbocycles. The topological polar surface area (TPSA) is 65.7 Å². The van der Waals surface area contributed by atoms with Crippen LogP contribution in [-0.2, 0) is 0 Å². The second-order valence-corrected chi connectivity index (χ2v) is 4.61. The zero-order valence-corrected chi connectivity index (χ0v) is 12.7. The minimum absolute atomic E-state index is 0.569. The molecule has 2 rings (SSSR count). The summed E-state index contributed by atoms with van der Waals surface area (Å²) in [6.07, 6.45) is 0. The van der Waals surface area contributed by atoms with Gasteiger partial charge in [-0.3, -0.25) is 0 Å². The Morgan fingerprint density at radius 2 is 1.48 bits per heavy atom.